The van der Waals surface area contributed by atoms with Gasteiger partial charge < -0.3 is 16.6 Å². The average molecular weight is 323 g/mol. The van der Waals surface area contributed by atoms with Crippen molar-refractivity contribution in [3.8, 4) is 0 Å². The van der Waals surface area contributed by atoms with E-state index in [1.165, 1.54) is 0 Å². The van der Waals surface area contributed by atoms with Crippen LogP contribution in [0.4, 0.5) is 0 Å². The molecule has 0 saturated heterocycles. The van der Waals surface area contributed by atoms with E-state index in [1.807, 2.05) is 0 Å². The number of isothiocyanates is 3. The first kappa shape index (κ1) is 26.4. The lowest BCUT2D eigenvalue weighted by atomic mass is 10.1. The third kappa shape index (κ3) is 60.5. The molecule has 0 radical (unpaired) electrons. The van der Waals surface area contributed by atoms with E-state index >= 15 is 0 Å². The molecular formula is C9H17N5O2S3. The van der Waals surface area contributed by atoms with E-state index < -0.39 is 12.0 Å². The maximum Gasteiger partial charge on any atom is 0.320 e. The van der Waals surface area contributed by atoms with Crippen LogP contribution in [0.2, 0.25) is 0 Å². The lowest BCUT2D eigenvalue weighted by Crippen LogP contribution is -2.29. The number of hydrogen-bond acceptors (Lipinski definition) is 9. The van der Waals surface area contributed by atoms with Crippen LogP contribution in [0.3, 0.4) is 0 Å². The van der Waals surface area contributed by atoms with Crippen molar-refractivity contribution in [2.75, 3.05) is 6.54 Å². The molecule has 0 aromatic carbocycles. The predicted molar refractivity (Wildman–Crippen MR) is 84.5 cm³/mol. The van der Waals surface area contributed by atoms with Gasteiger partial charge in [-0.15, -0.1) is 0 Å². The highest BCUT2D eigenvalue weighted by Crippen LogP contribution is 1.96. The largest absolute Gasteiger partial charge is 0.480 e. The monoisotopic (exact) mass is 323 g/mol. The van der Waals surface area contributed by atoms with Gasteiger partial charge in [0.1, 0.15) is 6.04 Å². The molecule has 0 bridgehead atoms. The van der Waals surface area contributed by atoms with E-state index in [0.29, 0.717) is 13.0 Å². The molecule has 0 saturated carbocycles. The SMILES string of the molecule is N=C=S.N=C=S.N=C=S.NCCCCC(N)C(=O)O. The van der Waals surface area contributed by atoms with Gasteiger partial charge in [0.2, 0.25) is 0 Å². The minimum atomic E-state index is -0.933. The number of carboxylic acid groups (broad SMARTS) is 1. The van der Waals surface area contributed by atoms with Crippen LogP contribution in [0.5, 0.6) is 0 Å². The van der Waals surface area contributed by atoms with Gasteiger partial charge in [0.05, 0.1) is 15.5 Å². The summed E-state index contributed by atoms with van der Waals surface area (Å²) in [5.41, 5.74) is 10.4. The Hall–Kier alpha value is -1.21. The van der Waals surface area contributed by atoms with Crippen LogP contribution in [0.1, 0.15) is 19.3 Å². The molecule has 0 aliphatic rings. The Labute approximate surface area is 127 Å². The van der Waals surface area contributed by atoms with Gasteiger partial charge in [-0.1, -0.05) is 6.42 Å². The molecule has 1 atom stereocenters. The molecule has 0 amide bonds. The quantitative estimate of drug-likeness (QED) is 0.254. The summed E-state index contributed by atoms with van der Waals surface area (Å²) in [6.45, 7) is 0.604. The number of carboxylic acids is 1. The second kappa shape index (κ2) is 30.1. The number of aliphatic carboxylic acids is 1. The summed E-state index contributed by atoms with van der Waals surface area (Å²) in [7, 11) is 0. The molecule has 0 aliphatic heterocycles. The topological polar surface area (TPSA) is 161 Å². The summed E-state index contributed by atoms with van der Waals surface area (Å²) in [5, 5.41) is 30.4. The van der Waals surface area contributed by atoms with Crippen molar-refractivity contribution >= 4 is 58.1 Å². The zero-order chi connectivity index (χ0) is 16.1. The summed E-state index contributed by atoms with van der Waals surface area (Å²) in [6, 6.07) is -0.716. The molecule has 0 rings (SSSR count). The summed E-state index contributed by atoms with van der Waals surface area (Å²) in [5.74, 6) is -0.933. The highest BCUT2D eigenvalue weighted by molar-refractivity contribution is 7.78. The van der Waals surface area contributed by atoms with Gasteiger partial charge in [-0.05, 0) is 56.0 Å². The number of hydrogen-bond donors (Lipinski definition) is 6. The summed E-state index contributed by atoms with van der Waals surface area (Å²) in [6.07, 6.45) is 2.16. The van der Waals surface area contributed by atoms with Crippen LogP contribution in [0.15, 0.2) is 0 Å². The van der Waals surface area contributed by atoms with Crippen LogP contribution < -0.4 is 11.5 Å². The first-order chi connectivity index (χ1) is 8.92. The smallest absolute Gasteiger partial charge is 0.320 e. The summed E-state index contributed by atoms with van der Waals surface area (Å²) in [4.78, 5) is 10.1. The van der Waals surface area contributed by atoms with Crippen molar-refractivity contribution in [2.24, 2.45) is 11.5 Å². The number of carbonyl (C=O) groups is 1. The molecule has 8 N–H and O–H groups in total. The fraction of sp³-hybridized carbons (Fsp3) is 0.556. The molecule has 10 heteroatoms. The van der Waals surface area contributed by atoms with Crippen molar-refractivity contribution in [2.45, 2.75) is 25.3 Å². The molecule has 1 unspecified atom stereocenters. The van der Waals surface area contributed by atoms with Gasteiger partial charge in [-0.2, -0.15) is 0 Å². The van der Waals surface area contributed by atoms with Gasteiger partial charge in [0.25, 0.3) is 0 Å². The number of nitrogens with one attached hydrogen (secondary N) is 3. The van der Waals surface area contributed by atoms with E-state index in [9.17, 15) is 4.79 Å². The van der Waals surface area contributed by atoms with Crippen LogP contribution in [-0.4, -0.2) is 39.1 Å². The van der Waals surface area contributed by atoms with Gasteiger partial charge in [-0.3, -0.25) is 4.79 Å². The maximum atomic E-state index is 10.1. The zero-order valence-electron chi connectivity index (χ0n) is 10.1. The lowest BCUT2D eigenvalue weighted by Gasteiger charge is -2.03. The Bertz CT molecular complexity index is 278. The van der Waals surface area contributed by atoms with Crippen molar-refractivity contribution in [3.63, 3.8) is 0 Å². The summed E-state index contributed by atoms with van der Waals surface area (Å²) < 4.78 is 0. The van der Waals surface area contributed by atoms with E-state index in [2.05, 4.69) is 36.7 Å². The van der Waals surface area contributed by atoms with Crippen molar-refractivity contribution in [1.29, 1.82) is 16.2 Å². The molecule has 0 aliphatic carbocycles. The Kier molecular flexibility index (Phi) is 41.8. The van der Waals surface area contributed by atoms with Crippen LogP contribution in [0.25, 0.3) is 0 Å². The number of unbranched alkanes of at least 4 members (excludes halogenated alkanes) is 1. The molecule has 0 aromatic heterocycles. The molecule has 7 nitrogen and oxygen atoms in total. The third-order valence-corrected chi connectivity index (χ3v) is 1.29. The van der Waals surface area contributed by atoms with Crippen molar-refractivity contribution in [1.82, 2.24) is 0 Å². The highest BCUT2D eigenvalue weighted by Gasteiger charge is 2.09. The maximum absolute atomic E-state index is 10.1. The second-order valence-electron chi connectivity index (χ2n) is 2.54. The fourth-order valence-electron chi connectivity index (χ4n) is 0.632. The van der Waals surface area contributed by atoms with E-state index in [-0.39, 0.29) is 0 Å². The summed E-state index contributed by atoms with van der Waals surface area (Å²) >= 11 is 11.4. The molecule has 0 fully saturated rings. The lowest BCUT2D eigenvalue weighted by molar-refractivity contribution is -0.138. The standard InChI is InChI=1S/C6H14N2O2.3CHNS/c7-4-2-1-3-5(8)6(9)10;3*2-1-3/h5H,1-4,7-8H2,(H,9,10);3*2H. The Morgan fingerprint density at radius 2 is 1.42 bits per heavy atom. The molecule has 0 spiro atoms. The molecular weight excluding hydrogens is 306 g/mol. The van der Waals surface area contributed by atoms with Gasteiger partial charge in [0.15, 0.2) is 0 Å². The fourth-order valence-corrected chi connectivity index (χ4v) is 0.632. The molecule has 0 heterocycles. The first-order valence-electron chi connectivity index (χ1n) is 4.73. The van der Waals surface area contributed by atoms with Gasteiger partial charge in [0, 0.05) is 0 Å². The van der Waals surface area contributed by atoms with Crippen LogP contribution in [0, 0.1) is 16.2 Å². The van der Waals surface area contributed by atoms with Crippen LogP contribution >= 0.6 is 36.7 Å². The minimum Gasteiger partial charge on any atom is -0.480 e. The Morgan fingerprint density at radius 1 is 1.11 bits per heavy atom. The normalized spacial score (nSPS) is 8.11. The molecule has 19 heavy (non-hydrogen) atoms. The van der Waals surface area contributed by atoms with Crippen molar-refractivity contribution in [3.05, 3.63) is 0 Å². The van der Waals surface area contributed by atoms with Crippen LogP contribution in [-0.2, 0) is 4.79 Å². The molecule has 0 aromatic rings. The molecule has 108 valence electrons. The third-order valence-electron chi connectivity index (χ3n) is 1.29. The second-order valence-corrected chi connectivity index (χ2v) is 3.15. The average Bonchev–Trinajstić information content (AvgIpc) is 2.32. The van der Waals surface area contributed by atoms with Gasteiger partial charge in [-0.25, -0.2) is 16.2 Å². The zero-order valence-corrected chi connectivity index (χ0v) is 12.6. The Morgan fingerprint density at radius 3 is 1.63 bits per heavy atom. The Balaban J connectivity index is -0.000000103. The number of thiocarbonyl (C=S) groups is 3. The van der Waals surface area contributed by atoms with Gasteiger partial charge >= 0.3 is 5.97 Å². The van der Waals surface area contributed by atoms with Crippen molar-refractivity contribution < 1.29 is 9.90 Å². The first-order valence-corrected chi connectivity index (χ1v) is 5.95. The number of nitrogens with two attached hydrogens (primary N) is 2. The predicted octanol–water partition coefficient (Wildman–Crippen LogP) is 1.53. The van der Waals surface area contributed by atoms with E-state index in [0.717, 1.165) is 12.8 Å². The van der Waals surface area contributed by atoms with E-state index in [4.69, 9.17) is 32.8 Å². The number of rotatable bonds is 5. The highest BCUT2D eigenvalue weighted by atomic mass is 32.1. The minimum absolute atomic E-state index is 0.520. The van der Waals surface area contributed by atoms with E-state index in [1.54, 1.807) is 15.5 Å².